The molecule has 0 aliphatic heterocycles. The van der Waals surface area contributed by atoms with Gasteiger partial charge in [0.15, 0.2) is 0 Å². The van der Waals surface area contributed by atoms with Gasteiger partial charge < -0.3 is 10.5 Å². The molecule has 0 fully saturated rings. The van der Waals surface area contributed by atoms with Crippen molar-refractivity contribution in [1.29, 1.82) is 0 Å². The van der Waals surface area contributed by atoms with Gasteiger partial charge in [0.25, 0.3) is 0 Å². The van der Waals surface area contributed by atoms with Gasteiger partial charge in [-0.05, 0) is 37.0 Å². The van der Waals surface area contributed by atoms with E-state index in [4.69, 9.17) is 10.5 Å². The lowest BCUT2D eigenvalue weighted by Gasteiger charge is -2.20. The number of hydrogen-bond donors (Lipinski definition) is 1. The van der Waals surface area contributed by atoms with Gasteiger partial charge in [-0.15, -0.1) is 0 Å². The molecule has 1 aliphatic rings. The van der Waals surface area contributed by atoms with E-state index in [1.165, 1.54) is 11.3 Å². The first kappa shape index (κ1) is 11.3. The summed E-state index contributed by atoms with van der Waals surface area (Å²) in [5.74, 6) is 0.846. The summed E-state index contributed by atoms with van der Waals surface area (Å²) in [6.45, 7) is 0. The zero-order valence-corrected chi connectivity index (χ0v) is 10.5. The topological polar surface area (TPSA) is 53.1 Å². The molecule has 1 unspecified atom stereocenters. The molecule has 0 amide bonds. The molecule has 18 heavy (non-hydrogen) atoms. The Bertz CT molecular complexity index is 562. The van der Waals surface area contributed by atoms with Crippen molar-refractivity contribution in [2.45, 2.75) is 25.3 Å². The maximum absolute atomic E-state index is 5.99. The molecule has 0 spiro atoms. The van der Waals surface area contributed by atoms with Gasteiger partial charge in [-0.25, -0.2) is 4.68 Å². The fourth-order valence-electron chi connectivity index (χ4n) is 2.56. The third-order valence-corrected chi connectivity index (χ3v) is 3.50. The highest BCUT2D eigenvalue weighted by Crippen LogP contribution is 2.27. The number of aromatic nitrogens is 2. The first-order valence-corrected chi connectivity index (χ1v) is 6.24. The third kappa shape index (κ3) is 1.78. The van der Waals surface area contributed by atoms with Gasteiger partial charge in [-0.2, -0.15) is 5.10 Å². The third-order valence-electron chi connectivity index (χ3n) is 3.50. The van der Waals surface area contributed by atoms with Crippen LogP contribution < -0.4 is 10.5 Å². The van der Waals surface area contributed by atoms with E-state index in [-0.39, 0.29) is 6.04 Å². The molecule has 4 heteroatoms. The molecule has 0 bridgehead atoms. The number of nitrogens with two attached hydrogens (primary N) is 1. The number of nitrogens with zero attached hydrogens (tertiary/aromatic N) is 2. The number of benzene rings is 1. The van der Waals surface area contributed by atoms with Crippen LogP contribution in [0.25, 0.3) is 5.69 Å². The van der Waals surface area contributed by atoms with Gasteiger partial charge in [-0.1, -0.05) is 12.1 Å². The van der Waals surface area contributed by atoms with E-state index in [2.05, 4.69) is 5.10 Å². The van der Waals surface area contributed by atoms with Crippen LogP contribution in [0.4, 0.5) is 0 Å². The van der Waals surface area contributed by atoms with Gasteiger partial charge in [0.05, 0.1) is 13.3 Å². The van der Waals surface area contributed by atoms with Gasteiger partial charge in [0.1, 0.15) is 11.4 Å². The second-order valence-electron chi connectivity index (χ2n) is 4.70. The molecule has 2 aromatic rings. The minimum Gasteiger partial charge on any atom is -0.494 e. The Morgan fingerprint density at radius 3 is 3.06 bits per heavy atom. The SMILES string of the molecule is COc1ccccc1-n1ncc2c1CCC(N)C2. The number of para-hydroxylation sites is 2. The molecule has 1 aliphatic carbocycles. The Morgan fingerprint density at radius 2 is 2.22 bits per heavy atom. The number of ether oxygens (including phenoxy) is 1. The van der Waals surface area contributed by atoms with Crippen LogP contribution in [-0.4, -0.2) is 22.9 Å². The zero-order chi connectivity index (χ0) is 12.5. The van der Waals surface area contributed by atoms with Crippen molar-refractivity contribution in [2.24, 2.45) is 5.73 Å². The van der Waals surface area contributed by atoms with Crippen LogP contribution >= 0.6 is 0 Å². The highest BCUT2D eigenvalue weighted by molar-refractivity contribution is 5.48. The molecular weight excluding hydrogens is 226 g/mol. The predicted molar refractivity (Wildman–Crippen MR) is 70.1 cm³/mol. The molecular formula is C14H17N3O. The van der Waals surface area contributed by atoms with E-state index >= 15 is 0 Å². The van der Waals surface area contributed by atoms with E-state index in [0.717, 1.165) is 30.7 Å². The highest BCUT2D eigenvalue weighted by Gasteiger charge is 2.21. The van der Waals surface area contributed by atoms with Gasteiger partial charge in [-0.3, -0.25) is 0 Å². The van der Waals surface area contributed by atoms with E-state index in [0.29, 0.717) is 0 Å². The summed E-state index contributed by atoms with van der Waals surface area (Å²) in [6.07, 6.45) is 4.85. The lowest BCUT2D eigenvalue weighted by Crippen LogP contribution is -2.28. The molecule has 2 N–H and O–H groups in total. The summed E-state index contributed by atoms with van der Waals surface area (Å²) < 4.78 is 7.38. The second kappa shape index (κ2) is 4.46. The molecule has 4 nitrogen and oxygen atoms in total. The summed E-state index contributed by atoms with van der Waals surface area (Å²) in [5, 5.41) is 4.49. The smallest absolute Gasteiger partial charge is 0.144 e. The standard InChI is InChI=1S/C14H17N3O/c1-18-14-5-3-2-4-13(14)17-12-7-6-11(15)8-10(12)9-16-17/h2-5,9,11H,6-8,15H2,1H3. The van der Waals surface area contributed by atoms with Crippen LogP contribution in [0.5, 0.6) is 5.75 Å². The Balaban J connectivity index is 2.08. The lowest BCUT2D eigenvalue weighted by atomic mass is 9.94. The molecule has 1 aromatic carbocycles. The number of rotatable bonds is 2. The molecule has 94 valence electrons. The second-order valence-corrected chi connectivity index (χ2v) is 4.70. The van der Waals surface area contributed by atoms with E-state index in [9.17, 15) is 0 Å². The Labute approximate surface area is 106 Å². The van der Waals surface area contributed by atoms with Gasteiger partial charge >= 0.3 is 0 Å². The maximum Gasteiger partial charge on any atom is 0.144 e. The summed E-state index contributed by atoms with van der Waals surface area (Å²) in [7, 11) is 1.69. The fourth-order valence-corrected chi connectivity index (χ4v) is 2.56. The fraction of sp³-hybridized carbons (Fsp3) is 0.357. The first-order chi connectivity index (χ1) is 8.79. The molecule has 0 saturated carbocycles. The van der Waals surface area contributed by atoms with Crippen molar-refractivity contribution in [3.8, 4) is 11.4 Å². The highest BCUT2D eigenvalue weighted by atomic mass is 16.5. The van der Waals surface area contributed by atoms with Gasteiger partial charge in [0, 0.05) is 11.7 Å². The van der Waals surface area contributed by atoms with Crippen LogP contribution in [0.3, 0.4) is 0 Å². The van der Waals surface area contributed by atoms with Crippen LogP contribution in [0.15, 0.2) is 30.5 Å². The monoisotopic (exact) mass is 243 g/mol. The first-order valence-electron chi connectivity index (χ1n) is 6.24. The minimum atomic E-state index is 0.271. The van der Waals surface area contributed by atoms with Gasteiger partial charge in [0.2, 0.25) is 0 Å². The zero-order valence-electron chi connectivity index (χ0n) is 10.5. The van der Waals surface area contributed by atoms with Crippen LogP contribution in [0.2, 0.25) is 0 Å². The molecule has 1 heterocycles. The summed E-state index contributed by atoms with van der Waals surface area (Å²) >= 11 is 0. The van der Waals surface area contributed by atoms with E-state index in [1.54, 1.807) is 7.11 Å². The van der Waals surface area contributed by atoms with Crippen molar-refractivity contribution in [3.63, 3.8) is 0 Å². The summed E-state index contributed by atoms with van der Waals surface area (Å²) in [6, 6.07) is 8.22. The molecule has 1 aromatic heterocycles. The van der Waals surface area contributed by atoms with Crippen molar-refractivity contribution < 1.29 is 4.74 Å². The van der Waals surface area contributed by atoms with Crippen molar-refractivity contribution in [3.05, 3.63) is 41.7 Å². The Morgan fingerprint density at radius 1 is 1.39 bits per heavy atom. The van der Waals surface area contributed by atoms with Crippen molar-refractivity contribution >= 4 is 0 Å². The lowest BCUT2D eigenvalue weighted by molar-refractivity contribution is 0.411. The quantitative estimate of drug-likeness (QED) is 0.873. The average molecular weight is 243 g/mol. The van der Waals surface area contributed by atoms with Crippen molar-refractivity contribution in [2.75, 3.05) is 7.11 Å². The van der Waals surface area contributed by atoms with E-state index < -0.39 is 0 Å². The number of fused-ring (bicyclic) bond motifs is 1. The van der Waals surface area contributed by atoms with Crippen LogP contribution in [0.1, 0.15) is 17.7 Å². The normalized spacial score (nSPS) is 18.4. The molecule has 0 saturated heterocycles. The number of hydrogen-bond acceptors (Lipinski definition) is 3. The summed E-state index contributed by atoms with van der Waals surface area (Å²) in [5.41, 5.74) is 9.52. The molecule has 0 radical (unpaired) electrons. The average Bonchev–Trinajstić information content (AvgIpc) is 2.81. The minimum absolute atomic E-state index is 0.271. The number of methoxy groups -OCH3 is 1. The van der Waals surface area contributed by atoms with Crippen LogP contribution in [-0.2, 0) is 12.8 Å². The predicted octanol–water partition coefficient (Wildman–Crippen LogP) is 1.70. The Kier molecular flexibility index (Phi) is 2.80. The van der Waals surface area contributed by atoms with E-state index in [1.807, 2.05) is 35.1 Å². The van der Waals surface area contributed by atoms with Crippen LogP contribution in [0, 0.1) is 0 Å². The molecule has 1 atom stereocenters. The van der Waals surface area contributed by atoms with Crippen molar-refractivity contribution in [1.82, 2.24) is 9.78 Å². The maximum atomic E-state index is 5.99. The summed E-state index contributed by atoms with van der Waals surface area (Å²) in [4.78, 5) is 0. The molecule has 3 rings (SSSR count). The Hall–Kier alpha value is -1.81. The largest absolute Gasteiger partial charge is 0.494 e.